The lowest BCUT2D eigenvalue weighted by Crippen LogP contribution is -2.61. The number of nitrogens with zero attached hydrogens (tertiary/aromatic N) is 2. The summed E-state index contributed by atoms with van der Waals surface area (Å²) in [5.41, 5.74) is 17.7. The third-order valence-corrected chi connectivity index (χ3v) is 13.0. The Hall–Kier alpha value is -4.74. The summed E-state index contributed by atoms with van der Waals surface area (Å²) >= 11 is 1.80. The maximum absolute atomic E-state index is 6.77. The molecule has 0 fully saturated rings. The quantitative estimate of drug-likeness (QED) is 0.169. The molecule has 0 saturated carbocycles. The molecule has 0 saturated heterocycles. The van der Waals surface area contributed by atoms with Gasteiger partial charge in [-0.2, -0.15) is 0 Å². The molecule has 0 unspecified atom stereocenters. The predicted octanol–water partition coefficient (Wildman–Crippen LogP) is 11.3. The van der Waals surface area contributed by atoms with Crippen molar-refractivity contribution in [3.8, 4) is 0 Å². The molecule has 10 rings (SSSR count). The topological polar surface area (TPSA) is 19.6 Å². The maximum Gasteiger partial charge on any atom is 0.254 e. The van der Waals surface area contributed by atoms with Crippen molar-refractivity contribution < 1.29 is 4.42 Å². The van der Waals surface area contributed by atoms with Crippen LogP contribution in [0.1, 0.15) is 83.2 Å². The van der Waals surface area contributed by atoms with Crippen LogP contribution in [0.4, 0.5) is 33.4 Å². The van der Waals surface area contributed by atoms with Crippen molar-refractivity contribution in [3.63, 3.8) is 0 Å². The lowest BCUT2D eigenvalue weighted by Gasteiger charge is -2.44. The molecule has 7 aromatic rings. The summed E-state index contributed by atoms with van der Waals surface area (Å²) < 4.78 is 6.77. The first-order valence-corrected chi connectivity index (χ1v) is 19.1. The van der Waals surface area contributed by atoms with Gasteiger partial charge in [-0.25, -0.2) is 0 Å². The van der Waals surface area contributed by atoms with Crippen molar-refractivity contribution in [3.05, 3.63) is 125 Å². The molecule has 3 nitrogen and oxygen atoms in total. The molecular formula is C46H43BN2OS. The van der Waals surface area contributed by atoms with Crippen LogP contribution in [0.2, 0.25) is 0 Å². The Bertz CT molecular complexity index is 2580. The Morgan fingerprint density at radius 1 is 0.627 bits per heavy atom. The van der Waals surface area contributed by atoms with Crippen LogP contribution in [0.5, 0.6) is 0 Å². The number of hydrogen-bond acceptors (Lipinski definition) is 4. The van der Waals surface area contributed by atoms with Gasteiger partial charge in [0.15, 0.2) is 4.90 Å². The molecule has 252 valence electrons. The van der Waals surface area contributed by atoms with E-state index in [1.807, 2.05) is 0 Å². The van der Waals surface area contributed by atoms with Gasteiger partial charge in [-0.1, -0.05) is 109 Å². The molecule has 4 bridgehead atoms. The van der Waals surface area contributed by atoms with E-state index >= 15 is 0 Å². The summed E-state index contributed by atoms with van der Waals surface area (Å²) in [5.74, 6) is 0. The van der Waals surface area contributed by atoms with Gasteiger partial charge in [-0.3, -0.25) is 0 Å². The molecule has 5 heterocycles. The lowest BCUT2D eigenvalue weighted by molar-refractivity contribution is 0.590. The smallest absolute Gasteiger partial charge is 0.254 e. The summed E-state index contributed by atoms with van der Waals surface area (Å²) in [7, 11) is 0. The first-order chi connectivity index (χ1) is 24.2. The van der Waals surface area contributed by atoms with Gasteiger partial charge in [0.05, 0.1) is 5.00 Å². The average molecular weight is 683 g/mol. The van der Waals surface area contributed by atoms with Gasteiger partial charge in [0, 0.05) is 44.6 Å². The molecule has 0 atom stereocenters. The Morgan fingerprint density at radius 3 is 1.82 bits per heavy atom. The highest BCUT2D eigenvalue weighted by Crippen LogP contribution is 2.51. The van der Waals surface area contributed by atoms with E-state index in [4.69, 9.17) is 4.42 Å². The summed E-state index contributed by atoms with van der Waals surface area (Å²) in [6, 6.07) is 37.5. The van der Waals surface area contributed by atoms with Gasteiger partial charge >= 0.3 is 0 Å². The first kappa shape index (κ1) is 31.0. The van der Waals surface area contributed by atoms with Gasteiger partial charge < -0.3 is 14.2 Å². The summed E-state index contributed by atoms with van der Waals surface area (Å²) in [6.45, 7) is 20.8. The molecule has 5 aromatic carbocycles. The van der Waals surface area contributed by atoms with E-state index in [1.165, 1.54) is 88.4 Å². The Balaban J connectivity index is 1.34. The first-order valence-electron chi connectivity index (χ1n) is 18.3. The molecule has 5 heteroatoms. The van der Waals surface area contributed by atoms with Gasteiger partial charge in [0.25, 0.3) is 6.71 Å². The van der Waals surface area contributed by atoms with E-state index in [-0.39, 0.29) is 23.0 Å². The number of hydrogen-bond donors (Lipinski definition) is 0. The standard InChI is InChI=1S/C46H43BN2OS/c1-26-22-36-40-37(23-26)49(32-18-12-28(13-19-32)45(5,6)7)42-41-39-33-24-29(15-21-38(33)50-43(39)51-42)46(8,9)30-14-20-35(34(25-30)47(40)41)48(36)31-16-10-27(11-17-31)44(2,3)4/h10-25H,1-9H3. The van der Waals surface area contributed by atoms with E-state index in [0.717, 1.165) is 10.5 Å². The van der Waals surface area contributed by atoms with Crippen LogP contribution in [0.15, 0.2) is 101 Å². The summed E-state index contributed by atoms with van der Waals surface area (Å²) in [4.78, 5) is 6.07. The summed E-state index contributed by atoms with van der Waals surface area (Å²) in [5, 5.41) is 3.75. The molecule has 51 heavy (non-hydrogen) atoms. The molecule has 0 N–H and O–H groups in total. The zero-order valence-corrected chi connectivity index (χ0v) is 31.8. The Kier molecular flexibility index (Phi) is 6.07. The highest BCUT2D eigenvalue weighted by Gasteiger charge is 2.47. The van der Waals surface area contributed by atoms with E-state index in [0.29, 0.717) is 0 Å². The zero-order chi connectivity index (χ0) is 35.4. The van der Waals surface area contributed by atoms with Crippen LogP contribution >= 0.6 is 11.3 Å². The van der Waals surface area contributed by atoms with E-state index < -0.39 is 0 Å². The normalized spacial score (nSPS) is 15.6. The van der Waals surface area contributed by atoms with Crippen LogP contribution < -0.4 is 26.2 Å². The number of rotatable bonds is 2. The Labute approximate surface area is 305 Å². The number of fused-ring (bicyclic) bond motifs is 2. The third-order valence-electron chi connectivity index (χ3n) is 11.9. The van der Waals surface area contributed by atoms with E-state index in [2.05, 4.69) is 169 Å². The highest BCUT2D eigenvalue weighted by atomic mass is 32.1. The van der Waals surface area contributed by atoms with E-state index in [1.54, 1.807) is 11.3 Å². The fraction of sp³-hybridized carbons (Fsp3) is 0.261. The van der Waals surface area contributed by atoms with Crippen LogP contribution in [-0.2, 0) is 16.2 Å². The van der Waals surface area contributed by atoms with E-state index in [9.17, 15) is 0 Å². The fourth-order valence-electron chi connectivity index (χ4n) is 8.89. The summed E-state index contributed by atoms with van der Waals surface area (Å²) in [6.07, 6.45) is 0. The van der Waals surface area contributed by atoms with Crippen LogP contribution in [0, 0.1) is 6.92 Å². The molecular weight excluding hydrogens is 639 g/mol. The number of benzene rings is 5. The number of anilines is 6. The number of furan rings is 1. The molecule has 0 amide bonds. The van der Waals surface area contributed by atoms with Gasteiger partial charge in [0.1, 0.15) is 5.58 Å². The molecule has 3 aliphatic heterocycles. The molecule has 0 radical (unpaired) electrons. The maximum atomic E-state index is 6.77. The minimum absolute atomic E-state index is 0.0582. The van der Waals surface area contributed by atoms with Crippen molar-refractivity contribution in [2.75, 3.05) is 9.80 Å². The molecule has 0 spiro atoms. The highest BCUT2D eigenvalue weighted by molar-refractivity contribution is 7.26. The van der Waals surface area contributed by atoms with Crippen molar-refractivity contribution in [1.82, 2.24) is 0 Å². The molecule has 3 aliphatic rings. The third kappa shape index (κ3) is 4.25. The van der Waals surface area contributed by atoms with Crippen LogP contribution in [-0.4, -0.2) is 6.71 Å². The number of thiophene rings is 1. The van der Waals surface area contributed by atoms with Crippen molar-refractivity contribution >= 4 is 89.1 Å². The second-order valence-corrected chi connectivity index (χ2v) is 18.6. The van der Waals surface area contributed by atoms with Crippen molar-refractivity contribution in [2.24, 2.45) is 0 Å². The van der Waals surface area contributed by atoms with Crippen molar-refractivity contribution in [1.29, 1.82) is 0 Å². The fourth-order valence-corrected chi connectivity index (χ4v) is 10.1. The largest absolute Gasteiger partial charge is 0.445 e. The minimum atomic E-state index is -0.186. The average Bonchev–Trinajstić information content (AvgIpc) is 3.63. The van der Waals surface area contributed by atoms with Crippen molar-refractivity contribution in [2.45, 2.75) is 78.6 Å². The minimum Gasteiger partial charge on any atom is -0.445 e. The second kappa shape index (κ2) is 9.98. The van der Waals surface area contributed by atoms with Crippen LogP contribution in [0.25, 0.3) is 21.3 Å². The van der Waals surface area contributed by atoms with Gasteiger partial charge in [-0.15, -0.1) is 0 Å². The number of aryl methyl sites for hydroxylation is 1. The molecule has 2 aromatic heterocycles. The van der Waals surface area contributed by atoms with Gasteiger partial charge in [0.2, 0.25) is 0 Å². The second-order valence-electron chi connectivity index (χ2n) is 17.6. The zero-order valence-electron chi connectivity index (χ0n) is 31.0. The van der Waals surface area contributed by atoms with Crippen LogP contribution in [0.3, 0.4) is 0 Å². The lowest BCUT2D eigenvalue weighted by atomic mass is 9.33. The molecule has 0 aliphatic carbocycles. The Morgan fingerprint density at radius 2 is 1.20 bits per heavy atom. The SMILES string of the molecule is Cc1cc2c3c(c1)N(c1ccc(C(C)(C)C)cc1)c1sc4oc5ccc6cc5c4c1B3c1cc(ccc1N2c1ccc(C(C)(C)C)cc1)C6(C)C. The van der Waals surface area contributed by atoms with Gasteiger partial charge in [-0.05, 0) is 117 Å². The monoisotopic (exact) mass is 682 g/mol. The predicted molar refractivity (Wildman–Crippen MR) is 220 cm³/mol.